The van der Waals surface area contributed by atoms with E-state index in [1.807, 2.05) is 37.3 Å². The average Bonchev–Trinajstić information content (AvgIpc) is 2.65. The van der Waals surface area contributed by atoms with Crippen molar-refractivity contribution in [2.24, 2.45) is 0 Å². The number of methoxy groups -OCH3 is 1. The molecule has 0 saturated carbocycles. The van der Waals surface area contributed by atoms with Crippen molar-refractivity contribution >= 4 is 34.8 Å². The van der Waals surface area contributed by atoms with Crippen molar-refractivity contribution in [3.05, 3.63) is 70.5 Å². The van der Waals surface area contributed by atoms with E-state index in [2.05, 4.69) is 20.6 Å². The molecular formula is C20H19ClN4O2. The van der Waals surface area contributed by atoms with Gasteiger partial charge in [-0.1, -0.05) is 17.7 Å². The van der Waals surface area contributed by atoms with E-state index in [9.17, 15) is 4.79 Å². The number of nitrogens with one attached hydrogen (secondary N) is 2. The van der Waals surface area contributed by atoms with Gasteiger partial charge in [-0.15, -0.1) is 0 Å². The summed E-state index contributed by atoms with van der Waals surface area (Å²) < 4.78 is 5.14. The molecular weight excluding hydrogens is 364 g/mol. The number of hydrogen-bond donors (Lipinski definition) is 2. The van der Waals surface area contributed by atoms with Crippen LogP contribution in [0.1, 0.15) is 21.7 Å². The minimum Gasteiger partial charge on any atom is -0.497 e. The zero-order valence-corrected chi connectivity index (χ0v) is 16.0. The first kappa shape index (κ1) is 18.7. The summed E-state index contributed by atoms with van der Waals surface area (Å²) in [5.41, 5.74) is 3.27. The third-order valence-electron chi connectivity index (χ3n) is 3.86. The van der Waals surface area contributed by atoms with Crippen molar-refractivity contribution in [3.63, 3.8) is 0 Å². The van der Waals surface area contributed by atoms with Gasteiger partial charge in [0.1, 0.15) is 11.4 Å². The second-order valence-corrected chi connectivity index (χ2v) is 6.40. The third-order valence-corrected chi connectivity index (χ3v) is 4.27. The van der Waals surface area contributed by atoms with E-state index >= 15 is 0 Å². The number of aryl methyl sites for hydroxylation is 2. The van der Waals surface area contributed by atoms with Crippen LogP contribution in [0.4, 0.5) is 17.3 Å². The molecule has 7 heteroatoms. The third kappa shape index (κ3) is 4.74. The molecule has 6 nitrogen and oxygen atoms in total. The summed E-state index contributed by atoms with van der Waals surface area (Å²) in [7, 11) is 1.61. The number of nitrogens with zero attached hydrogens (tertiary/aromatic N) is 2. The number of carbonyl (C=O) groups excluding carboxylic acids is 1. The smallest absolute Gasteiger partial charge is 0.274 e. The van der Waals surface area contributed by atoms with E-state index in [0.717, 1.165) is 17.0 Å². The van der Waals surface area contributed by atoms with Crippen LogP contribution in [0.3, 0.4) is 0 Å². The lowest BCUT2D eigenvalue weighted by Gasteiger charge is -2.10. The standard InChI is InChI=1S/C20H19ClN4O2/c1-12-4-5-15(11-17(12)21)23-19(26)18-10-13(2)22-20(25-18)24-14-6-8-16(27-3)9-7-14/h4-11H,1-3H3,(H,23,26)(H,22,24,25). The van der Waals surface area contributed by atoms with Crippen LogP contribution in [0.5, 0.6) is 5.75 Å². The lowest BCUT2D eigenvalue weighted by Crippen LogP contribution is -2.15. The molecule has 0 unspecified atom stereocenters. The van der Waals surface area contributed by atoms with Gasteiger partial charge in [0.25, 0.3) is 5.91 Å². The molecule has 0 aliphatic heterocycles. The molecule has 0 bridgehead atoms. The Morgan fingerprint density at radius 2 is 1.70 bits per heavy atom. The Hall–Kier alpha value is -3.12. The Morgan fingerprint density at radius 3 is 2.37 bits per heavy atom. The number of ether oxygens (including phenoxy) is 1. The SMILES string of the molecule is COc1ccc(Nc2nc(C)cc(C(=O)Nc3ccc(C)c(Cl)c3)n2)cc1. The molecule has 1 aromatic heterocycles. The van der Waals surface area contributed by atoms with Gasteiger partial charge in [-0.05, 0) is 61.9 Å². The van der Waals surface area contributed by atoms with Crippen LogP contribution in [0, 0.1) is 13.8 Å². The predicted molar refractivity (Wildman–Crippen MR) is 107 cm³/mol. The molecule has 1 amide bonds. The summed E-state index contributed by atoms with van der Waals surface area (Å²) in [6.45, 7) is 3.71. The van der Waals surface area contributed by atoms with Gasteiger partial charge in [0.05, 0.1) is 7.11 Å². The maximum Gasteiger partial charge on any atom is 0.274 e. The molecule has 0 aliphatic carbocycles. The number of amides is 1. The molecule has 3 rings (SSSR count). The van der Waals surface area contributed by atoms with E-state index in [1.165, 1.54) is 0 Å². The highest BCUT2D eigenvalue weighted by molar-refractivity contribution is 6.31. The number of aromatic nitrogens is 2. The van der Waals surface area contributed by atoms with E-state index in [4.69, 9.17) is 16.3 Å². The van der Waals surface area contributed by atoms with Crippen molar-refractivity contribution in [2.75, 3.05) is 17.7 Å². The zero-order chi connectivity index (χ0) is 19.4. The van der Waals surface area contributed by atoms with Gasteiger partial charge in [-0.2, -0.15) is 0 Å². The van der Waals surface area contributed by atoms with Gasteiger partial charge in [-0.3, -0.25) is 4.79 Å². The lowest BCUT2D eigenvalue weighted by molar-refractivity contribution is 0.102. The predicted octanol–water partition coefficient (Wildman–Crippen LogP) is 4.75. The topological polar surface area (TPSA) is 76.1 Å². The van der Waals surface area contributed by atoms with Crippen molar-refractivity contribution in [3.8, 4) is 5.75 Å². The van der Waals surface area contributed by atoms with Crippen molar-refractivity contribution in [2.45, 2.75) is 13.8 Å². The molecule has 0 saturated heterocycles. The van der Waals surface area contributed by atoms with Crippen molar-refractivity contribution < 1.29 is 9.53 Å². The van der Waals surface area contributed by atoms with Gasteiger partial charge in [-0.25, -0.2) is 9.97 Å². The molecule has 27 heavy (non-hydrogen) atoms. The molecule has 2 N–H and O–H groups in total. The number of carbonyl (C=O) groups is 1. The average molecular weight is 383 g/mol. The fourth-order valence-electron chi connectivity index (χ4n) is 2.41. The van der Waals surface area contributed by atoms with E-state index in [-0.39, 0.29) is 11.6 Å². The Balaban J connectivity index is 1.79. The number of halogens is 1. The zero-order valence-electron chi connectivity index (χ0n) is 15.2. The first-order valence-corrected chi connectivity index (χ1v) is 8.66. The number of hydrogen-bond acceptors (Lipinski definition) is 5. The lowest BCUT2D eigenvalue weighted by atomic mass is 10.2. The number of anilines is 3. The van der Waals surface area contributed by atoms with Crippen LogP contribution in [0.2, 0.25) is 5.02 Å². The molecule has 2 aromatic carbocycles. The summed E-state index contributed by atoms with van der Waals surface area (Å²) in [5.74, 6) is 0.757. The van der Waals surface area contributed by atoms with Gasteiger partial charge in [0.15, 0.2) is 0 Å². The summed E-state index contributed by atoms with van der Waals surface area (Å²) >= 11 is 6.11. The second-order valence-electron chi connectivity index (χ2n) is 5.99. The molecule has 3 aromatic rings. The van der Waals surface area contributed by atoms with Crippen LogP contribution in [0.15, 0.2) is 48.5 Å². The Morgan fingerprint density at radius 1 is 1.00 bits per heavy atom. The molecule has 0 atom stereocenters. The fraction of sp³-hybridized carbons (Fsp3) is 0.150. The number of rotatable bonds is 5. The van der Waals surface area contributed by atoms with Gasteiger partial charge < -0.3 is 15.4 Å². The maximum absolute atomic E-state index is 12.6. The van der Waals surface area contributed by atoms with Gasteiger partial charge >= 0.3 is 0 Å². The van der Waals surface area contributed by atoms with Crippen molar-refractivity contribution in [1.82, 2.24) is 9.97 Å². The second kappa shape index (κ2) is 8.05. The van der Waals surface area contributed by atoms with E-state index in [1.54, 1.807) is 32.2 Å². The molecule has 0 radical (unpaired) electrons. The summed E-state index contributed by atoms with van der Waals surface area (Å²) in [6, 6.07) is 14.3. The Labute approximate surface area is 162 Å². The van der Waals surface area contributed by atoms with Gasteiger partial charge in [0, 0.05) is 22.1 Å². The van der Waals surface area contributed by atoms with Crippen LogP contribution >= 0.6 is 11.6 Å². The monoisotopic (exact) mass is 382 g/mol. The molecule has 0 aliphatic rings. The van der Waals surface area contributed by atoms with E-state index < -0.39 is 0 Å². The highest BCUT2D eigenvalue weighted by Crippen LogP contribution is 2.21. The molecule has 0 spiro atoms. The number of benzene rings is 2. The highest BCUT2D eigenvalue weighted by atomic mass is 35.5. The minimum absolute atomic E-state index is 0.259. The highest BCUT2D eigenvalue weighted by Gasteiger charge is 2.12. The van der Waals surface area contributed by atoms with Crippen LogP contribution < -0.4 is 15.4 Å². The van der Waals surface area contributed by atoms with Crippen LogP contribution in [0.25, 0.3) is 0 Å². The van der Waals surface area contributed by atoms with Crippen molar-refractivity contribution in [1.29, 1.82) is 0 Å². The van der Waals surface area contributed by atoms with Crippen LogP contribution in [-0.4, -0.2) is 23.0 Å². The Bertz CT molecular complexity index is 974. The molecule has 138 valence electrons. The quantitative estimate of drug-likeness (QED) is 0.665. The normalized spacial score (nSPS) is 10.4. The largest absolute Gasteiger partial charge is 0.497 e. The molecule has 0 fully saturated rings. The maximum atomic E-state index is 12.6. The molecule has 1 heterocycles. The summed E-state index contributed by atoms with van der Waals surface area (Å²) in [4.78, 5) is 21.2. The Kier molecular flexibility index (Phi) is 5.57. The minimum atomic E-state index is -0.335. The first-order chi connectivity index (χ1) is 12.9. The van der Waals surface area contributed by atoms with E-state index in [0.29, 0.717) is 22.4 Å². The van der Waals surface area contributed by atoms with Crippen LogP contribution in [-0.2, 0) is 0 Å². The summed E-state index contributed by atoms with van der Waals surface area (Å²) in [6.07, 6.45) is 0. The summed E-state index contributed by atoms with van der Waals surface area (Å²) in [5, 5.41) is 6.49. The van der Waals surface area contributed by atoms with Gasteiger partial charge in [0.2, 0.25) is 5.95 Å². The fourth-order valence-corrected chi connectivity index (χ4v) is 2.59. The first-order valence-electron chi connectivity index (χ1n) is 8.29.